The minimum absolute atomic E-state index is 0.228. The summed E-state index contributed by atoms with van der Waals surface area (Å²) in [5.41, 5.74) is 15.9. The fourth-order valence-corrected chi connectivity index (χ4v) is 3.43. The second-order valence-electron chi connectivity index (χ2n) is 7.35. The molecule has 5 N–H and O–H groups in total. The van der Waals surface area contributed by atoms with Crippen molar-refractivity contribution in [3.05, 3.63) is 108 Å². The van der Waals surface area contributed by atoms with Crippen LogP contribution < -0.4 is 21.9 Å². The Morgan fingerprint density at radius 2 is 1.47 bits per heavy atom. The lowest BCUT2D eigenvalue weighted by Crippen LogP contribution is -2.35. The van der Waals surface area contributed by atoms with E-state index in [4.69, 9.17) is 5.73 Å². The summed E-state index contributed by atoms with van der Waals surface area (Å²) in [6.45, 7) is 2.01. The first-order valence-electron chi connectivity index (χ1n) is 10.2. The number of nitrogens with zero attached hydrogens (tertiary/aromatic N) is 2. The van der Waals surface area contributed by atoms with Gasteiger partial charge in [-0.1, -0.05) is 72.8 Å². The summed E-state index contributed by atoms with van der Waals surface area (Å²) < 4.78 is 0. The van der Waals surface area contributed by atoms with Crippen molar-refractivity contribution in [2.75, 3.05) is 16.5 Å². The van der Waals surface area contributed by atoms with Gasteiger partial charge in [-0.2, -0.15) is 0 Å². The van der Waals surface area contributed by atoms with Crippen LogP contribution in [-0.4, -0.2) is 15.9 Å². The van der Waals surface area contributed by atoms with E-state index in [0.29, 0.717) is 17.3 Å². The first-order valence-corrected chi connectivity index (χ1v) is 10.2. The first-order chi connectivity index (χ1) is 15.6. The van der Waals surface area contributed by atoms with Crippen LogP contribution in [0.5, 0.6) is 0 Å². The first kappa shape index (κ1) is 20.9. The van der Waals surface area contributed by atoms with E-state index in [2.05, 4.69) is 26.1 Å². The Hall–Kier alpha value is -4.39. The zero-order valence-corrected chi connectivity index (χ0v) is 17.6. The number of hydrogen-bond acceptors (Lipinski definition) is 6. The Balaban J connectivity index is 1.52. The predicted molar refractivity (Wildman–Crippen MR) is 127 cm³/mol. The van der Waals surface area contributed by atoms with E-state index in [0.717, 1.165) is 22.4 Å². The number of nitrogens with one attached hydrogen (secondary N) is 3. The van der Waals surface area contributed by atoms with E-state index in [-0.39, 0.29) is 5.91 Å². The molecule has 0 saturated carbocycles. The number of carbonyl (C=O) groups is 1. The van der Waals surface area contributed by atoms with Crippen LogP contribution in [0.15, 0.2) is 91.3 Å². The van der Waals surface area contributed by atoms with Gasteiger partial charge in [0.25, 0.3) is 0 Å². The fraction of sp³-hybridized carbons (Fsp3) is 0.0800. The minimum Gasteiger partial charge on any atom is -0.393 e. The molecule has 1 aromatic heterocycles. The zero-order valence-electron chi connectivity index (χ0n) is 17.6. The van der Waals surface area contributed by atoms with E-state index >= 15 is 0 Å². The van der Waals surface area contributed by atoms with Gasteiger partial charge in [0.15, 0.2) is 11.6 Å². The van der Waals surface area contributed by atoms with Crippen LogP contribution >= 0.6 is 0 Å². The Morgan fingerprint density at radius 3 is 2.09 bits per heavy atom. The van der Waals surface area contributed by atoms with Gasteiger partial charge < -0.3 is 11.1 Å². The summed E-state index contributed by atoms with van der Waals surface area (Å²) >= 11 is 0. The molecule has 4 rings (SSSR count). The number of hydrogen-bond donors (Lipinski definition) is 4. The normalized spacial score (nSPS) is 10.6. The molecule has 0 saturated heterocycles. The number of nitrogens with two attached hydrogens (primary N) is 1. The van der Waals surface area contributed by atoms with Gasteiger partial charge in [0.1, 0.15) is 12.0 Å². The number of carbonyl (C=O) groups excluding carboxylic acids is 1. The van der Waals surface area contributed by atoms with Gasteiger partial charge in [-0.15, -0.1) is 0 Å². The van der Waals surface area contributed by atoms with E-state index in [1.165, 1.54) is 6.33 Å². The van der Waals surface area contributed by atoms with Crippen LogP contribution in [0.1, 0.15) is 22.6 Å². The third-order valence-corrected chi connectivity index (χ3v) is 5.00. The van der Waals surface area contributed by atoms with Gasteiger partial charge in [-0.25, -0.2) is 9.97 Å². The maximum absolute atomic E-state index is 13.2. The van der Waals surface area contributed by atoms with Crippen LogP contribution in [0, 0.1) is 6.92 Å². The van der Waals surface area contributed by atoms with Crippen molar-refractivity contribution in [1.29, 1.82) is 0 Å². The number of amides is 1. The van der Waals surface area contributed by atoms with Crippen molar-refractivity contribution in [2.24, 2.45) is 0 Å². The maximum atomic E-state index is 13.2. The van der Waals surface area contributed by atoms with Crippen LogP contribution in [0.4, 0.5) is 23.0 Å². The zero-order chi connectivity index (χ0) is 22.3. The summed E-state index contributed by atoms with van der Waals surface area (Å²) in [4.78, 5) is 21.6. The lowest BCUT2D eigenvalue weighted by molar-refractivity contribution is -0.121. The molecule has 0 aliphatic heterocycles. The van der Waals surface area contributed by atoms with E-state index in [1.807, 2.05) is 91.9 Å². The topological polar surface area (TPSA) is 105 Å². The number of hydrazine groups is 1. The van der Waals surface area contributed by atoms with Crippen molar-refractivity contribution in [1.82, 2.24) is 15.4 Å². The number of benzene rings is 3. The van der Waals surface area contributed by atoms with Crippen molar-refractivity contribution in [2.45, 2.75) is 12.8 Å². The van der Waals surface area contributed by atoms with Gasteiger partial charge in [0.05, 0.1) is 5.92 Å². The van der Waals surface area contributed by atoms with Crippen LogP contribution in [0.25, 0.3) is 0 Å². The van der Waals surface area contributed by atoms with Crippen molar-refractivity contribution in [3.8, 4) is 0 Å². The molecule has 1 heterocycles. The van der Waals surface area contributed by atoms with Gasteiger partial charge in [-0.05, 0) is 35.7 Å². The molecule has 0 fully saturated rings. The molecule has 0 bridgehead atoms. The molecule has 0 aliphatic rings. The number of nitrogen functional groups attached to an aromatic ring is 1. The summed E-state index contributed by atoms with van der Waals surface area (Å²) in [6, 6.07) is 27.1. The third-order valence-electron chi connectivity index (χ3n) is 5.00. The van der Waals surface area contributed by atoms with Crippen LogP contribution in [0.3, 0.4) is 0 Å². The number of rotatable bonds is 7. The second kappa shape index (κ2) is 9.61. The molecule has 160 valence electrons. The van der Waals surface area contributed by atoms with E-state index < -0.39 is 5.92 Å². The number of aromatic nitrogens is 2. The predicted octanol–water partition coefficient (Wildman–Crippen LogP) is 4.39. The summed E-state index contributed by atoms with van der Waals surface area (Å²) in [6.07, 6.45) is 1.38. The Labute approximate surface area is 186 Å². The molecule has 0 radical (unpaired) electrons. The van der Waals surface area contributed by atoms with Crippen LogP contribution in [0.2, 0.25) is 0 Å². The van der Waals surface area contributed by atoms with E-state index in [1.54, 1.807) is 0 Å². The largest absolute Gasteiger partial charge is 0.393 e. The highest BCUT2D eigenvalue weighted by Gasteiger charge is 2.23. The molecular weight excluding hydrogens is 400 g/mol. The molecule has 0 unspecified atom stereocenters. The molecule has 0 spiro atoms. The average Bonchev–Trinajstić information content (AvgIpc) is 2.81. The highest BCUT2D eigenvalue weighted by molar-refractivity contribution is 5.89. The monoisotopic (exact) mass is 424 g/mol. The summed E-state index contributed by atoms with van der Waals surface area (Å²) in [5.74, 6) is 0.0415. The molecule has 4 aromatic rings. The molecular formula is C25H24N6O. The third kappa shape index (κ3) is 4.84. The average molecular weight is 425 g/mol. The standard InChI is InChI=1S/C25H24N6O/c1-17-9-8-14-20(15-17)29-23-22(26)24(28-16-27-23)30-31-25(32)21(18-10-4-2-5-11-18)19-12-6-3-7-13-19/h2-16,21H,26H2,1H3,(H,31,32)(H2,27,28,29,30). The molecule has 3 aromatic carbocycles. The maximum Gasteiger partial charge on any atom is 0.250 e. The molecule has 0 atom stereocenters. The summed E-state index contributed by atoms with van der Waals surface area (Å²) in [7, 11) is 0. The Morgan fingerprint density at radius 1 is 0.844 bits per heavy atom. The molecule has 7 nitrogen and oxygen atoms in total. The van der Waals surface area contributed by atoms with Gasteiger partial charge in [-0.3, -0.25) is 15.6 Å². The van der Waals surface area contributed by atoms with Crippen molar-refractivity contribution in [3.63, 3.8) is 0 Å². The highest BCUT2D eigenvalue weighted by Crippen LogP contribution is 2.27. The molecule has 0 aliphatic carbocycles. The minimum atomic E-state index is -0.488. The Bertz CT molecular complexity index is 1160. The van der Waals surface area contributed by atoms with Gasteiger partial charge in [0, 0.05) is 5.69 Å². The highest BCUT2D eigenvalue weighted by atomic mass is 16.2. The number of anilines is 4. The van der Waals surface area contributed by atoms with Gasteiger partial charge >= 0.3 is 0 Å². The SMILES string of the molecule is Cc1cccc(Nc2ncnc(NNC(=O)C(c3ccccc3)c3ccccc3)c2N)c1. The molecule has 1 amide bonds. The second-order valence-corrected chi connectivity index (χ2v) is 7.35. The lowest BCUT2D eigenvalue weighted by atomic mass is 9.91. The number of aryl methyl sites for hydroxylation is 1. The molecule has 7 heteroatoms. The van der Waals surface area contributed by atoms with Gasteiger partial charge in [0.2, 0.25) is 5.91 Å². The van der Waals surface area contributed by atoms with Crippen molar-refractivity contribution < 1.29 is 4.79 Å². The Kier molecular flexibility index (Phi) is 6.27. The van der Waals surface area contributed by atoms with Crippen molar-refractivity contribution >= 4 is 28.9 Å². The summed E-state index contributed by atoms with van der Waals surface area (Å²) in [5, 5.41) is 3.19. The lowest BCUT2D eigenvalue weighted by Gasteiger charge is -2.19. The van der Waals surface area contributed by atoms with E-state index in [9.17, 15) is 4.79 Å². The quantitative estimate of drug-likeness (QED) is 0.328. The smallest absolute Gasteiger partial charge is 0.250 e. The fourth-order valence-electron chi connectivity index (χ4n) is 3.43. The van der Waals surface area contributed by atoms with Crippen LogP contribution in [-0.2, 0) is 4.79 Å². The molecule has 32 heavy (non-hydrogen) atoms.